The second-order valence-electron chi connectivity index (χ2n) is 13.9. The molecule has 12 heteroatoms. The number of likely N-dealkylation sites (tertiary alicyclic amines) is 1. The molecular formula is C38H46N6O5S. The first-order valence-corrected chi connectivity index (χ1v) is 18.3. The Kier molecular flexibility index (Phi) is 10.8. The predicted molar refractivity (Wildman–Crippen MR) is 196 cm³/mol. The van der Waals surface area contributed by atoms with Crippen molar-refractivity contribution in [1.29, 1.82) is 0 Å². The van der Waals surface area contributed by atoms with Crippen LogP contribution in [-0.4, -0.2) is 99.6 Å². The molecule has 3 amide bonds. The Labute approximate surface area is 297 Å². The molecule has 1 N–H and O–H groups in total. The van der Waals surface area contributed by atoms with Gasteiger partial charge < -0.3 is 19.9 Å². The molecule has 2 fully saturated rings. The molecule has 2 aliphatic rings. The minimum Gasteiger partial charge on any atom is -0.444 e. The molecule has 0 radical (unpaired) electrons. The van der Waals surface area contributed by atoms with Gasteiger partial charge in [0.15, 0.2) is 5.16 Å². The molecule has 3 aromatic carbocycles. The Morgan fingerprint density at radius 1 is 0.960 bits per heavy atom. The predicted octanol–water partition coefficient (Wildman–Crippen LogP) is 5.06. The number of benzene rings is 3. The van der Waals surface area contributed by atoms with Crippen LogP contribution in [0.5, 0.6) is 0 Å². The number of carbonyl (C=O) groups excluding carboxylic acids is 3. The molecule has 264 valence electrons. The van der Waals surface area contributed by atoms with Gasteiger partial charge in [-0.1, -0.05) is 66.4 Å². The van der Waals surface area contributed by atoms with Crippen molar-refractivity contribution < 1.29 is 19.1 Å². The van der Waals surface area contributed by atoms with Crippen molar-refractivity contribution in [2.75, 3.05) is 45.8 Å². The van der Waals surface area contributed by atoms with E-state index in [2.05, 4.69) is 5.32 Å². The lowest BCUT2D eigenvalue weighted by Gasteiger charge is -2.35. The van der Waals surface area contributed by atoms with E-state index >= 15 is 0 Å². The van der Waals surface area contributed by atoms with E-state index in [0.29, 0.717) is 61.9 Å². The van der Waals surface area contributed by atoms with Crippen molar-refractivity contribution in [3.05, 3.63) is 82.6 Å². The Bertz CT molecular complexity index is 1920. The van der Waals surface area contributed by atoms with E-state index in [-0.39, 0.29) is 36.1 Å². The minimum absolute atomic E-state index is 0.0632. The van der Waals surface area contributed by atoms with Gasteiger partial charge in [0.2, 0.25) is 11.8 Å². The van der Waals surface area contributed by atoms with Crippen LogP contribution in [0.25, 0.3) is 21.7 Å². The van der Waals surface area contributed by atoms with Gasteiger partial charge in [0.1, 0.15) is 10.9 Å². The molecule has 2 aliphatic heterocycles. The quantitative estimate of drug-likeness (QED) is 0.147. The standard InChI is InChI=1S/C38H46N6O5S/c1-5-43-34(46)30-22-27-14-9-10-15-28(27)23-31(30)40-36(43)50-33(26-12-7-6-8-13-26)35(47)44-17-11-16-29(44)24-39-32(45)25-41-18-20-42(21-19-41)37(48)49-38(2,3)4/h6-10,12-15,22-23,29,33H,5,11,16-21,24-25H2,1-4H3,(H,39,45)/t29-,33?/m1/s1. The third kappa shape index (κ3) is 8.13. The summed E-state index contributed by atoms with van der Waals surface area (Å²) in [5.74, 6) is -0.171. The fourth-order valence-corrected chi connectivity index (χ4v) is 7.88. The topological polar surface area (TPSA) is 117 Å². The van der Waals surface area contributed by atoms with Crippen molar-refractivity contribution in [2.45, 2.75) is 69.1 Å². The minimum atomic E-state index is -0.628. The summed E-state index contributed by atoms with van der Waals surface area (Å²) >= 11 is 1.31. The van der Waals surface area contributed by atoms with Gasteiger partial charge in [-0.25, -0.2) is 9.78 Å². The molecule has 2 atom stereocenters. The molecular weight excluding hydrogens is 653 g/mol. The number of ether oxygens (including phenoxy) is 1. The number of hydrogen-bond donors (Lipinski definition) is 1. The summed E-state index contributed by atoms with van der Waals surface area (Å²) in [7, 11) is 0. The summed E-state index contributed by atoms with van der Waals surface area (Å²) in [5, 5.41) is 5.47. The summed E-state index contributed by atoms with van der Waals surface area (Å²) in [5.41, 5.74) is 0.758. The summed E-state index contributed by atoms with van der Waals surface area (Å²) in [4.78, 5) is 64.2. The average molecular weight is 699 g/mol. The summed E-state index contributed by atoms with van der Waals surface area (Å²) in [6, 6.07) is 21.2. The van der Waals surface area contributed by atoms with Gasteiger partial charge in [0.25, 0.3) is 5.56 Å². The lowest BCUT2D eigenvalue weighted by Crippen LogP contribution is -2.52. The van der Waals surface area contributed by atoms with Gasteiger partial charge in [-0.2, -0.15) is 0 Å². The number of thioether (sulfide) groups is 1. The highest BCUT2D eigenvalue weighted by atomic mass is 32.2. The van der Waals surface area contributed by atoms with E-state index < -0.39 is 10.9 Å². The van der Waals surface area contributed by atoms with Gasteiger partial charge in [-0.3, -0.25) is 23.9 Å². The lowest BCUT2D eigenvalue weighted by molar-refractivity contribution is -0.132. The second kappa shape index (κ2) is 15.2. The maximum absolute atomic E-state index is 14.4. The van der Waals surface area contributed by atoms with Crippen molar-refractivity contribution in [3.8, 4) is 0 Å². The lowest BCUT2D eigenvalue weighted by atomic mass is 10.1. The first kappa shape index (κ1) is 35.4. The maximum atomic E-state index is 14.4. The third-order valence-electron chi connectivity index (χ3n) is 9.24. The number of piperazine rings is 1. The van der Waals surface area contributed by atoms with E-state index in [1.807, 2.05) is 104 Å². The average Bonchev–Trinajstić information content (AvgIpc) is 3.58. The number of fused-ring (bicyclic) bond motifs is 2. The number of amides is 3. The van der Waals surface area contributed by atoms with Crippen LogP contribution in [-0.2, 0) is 20.9 Å². The molecule has 0 bridgehead atoms. The molecule has 4 aromatic rings. The Morgan fingerprint density at radius 2 is 1.64 bits per heavy atom. The maximum Gasteiger partial charge on any atom is 0.410 e. The number of hydrogen-bond acceptors (Lipinski definition) is 8. The molecule has 6 rings (SSSR count). The molecule has 0 spiro atoms. The van der Waals surface area contributed by atoms with Gasteiger partial charge in [0.05, 0.1) is 17.4 Å². The monoisotopic (exact) mass is 698 g/mol. The summed E-state index contributed by atoms with van der Waals surface area (Å²) < 4.78 is 7.13. The SMILES string of the molecule is CCn1c(SC(C(=O)N2CCC[C@@H]2CNC(=O)CN2CCN(C(=O)OC(C)(C)C)CC2)c2ccccc2)nc2cc3ccccc3cc2c1=O. The second-order valence-corrected chi connectivity index (χ2v) is 15.0. The Balaban J connectivity index is 1.14. The normalized spacial score (nSPS) is 17.6. The van der Waals surface area contributed by atoms with E-state index in [1.54, 1.807) is 9.47 Å². The Hall–Kier alpha value is -4.42. The molecule has 3 heterocycles. The van der Waals surface area contributed by atoms with E-state index in [0.717, 1.165) is 29.2 Å². The van der Waals surface area contributed by atoms with E-state index in [1.165, 1.54) is 11.8 Å². The molecule has 1 unspecified atom stereocenters. The van der Waals surface area contributed by atoms with Crippen LogP contribution in [0.1, 0.15) is 51.3 Å². The van der Waals surface area contributed by atoms with Crippen molar-refractivity contribution >= 4 is 51.3 Å². The number of nitrogens with zero attached hydrogens (tertiary/aromatic N) is 5. The van der Waals surface area contributed by atoms with Crippen molar-refractivity contribution in [1.82, 2.24) is 29.6 Å². The zero-order valence-corrected chi connectivity index (χ0v) is 30.1. The van der Waals surface area contributed by atoms with Crippen LogP contribution in [0.2, 0.25) is 0 Å². The summed E-state index contributed by atoms with van der Waals surface area (Å²) in [6.45, 7) is 11.2. The van der Waals surface area contributed by atoms with Crippen LogP contribution in [0.15, 0.2) is 76.7 Å². The van der Waals surface area contributed by atoms with Gasteiger partial charge in [-0.15, -0.1) is 0 Å². The highest BCUT2D eigenvalue weighted by molar-refractivity contribution is 8.00. The van der Waals surface area contributed by atoms with Gasteiger partial charge in [-0.05, 0) is 69.0 Å². The molecule has 0 aliphatic carbocycles. The number of carbonyl (C=O) groups is 3. The van der Waals surface area contributed by atoms with E-state index in [4.69, 9.17) is 9.72 Å². The molecule has 50 heavy (non-hydrogen) atoms. The van der Waals surface area contributed by atoms with Crippen LogP contribution in [0, 0.1) is 0 Å². The highest BCUT2D eigenvalue weighted by Gasteiger charge is 2.36. The van der Waals surface area contributed by atoms with Gasteiger partial charge >= 0.3 is 6.09 Å². The largest absolute Gasteiger partial charge is 0.444 e. The molecule has 0 saturated carbocycles. The zero-order chi connectivity index (χ0) is 35.4. The van der Waals surface area contributed by atoms with Crippen molar-refractivity contribution in [3.63, 3.8) is 0 Å². The number of rotatable bonds is 9. The molecule has 11 nitrogen and oxygen atoms in total. The number of aromatic nitrogens is 2. The van der Waals surface area contributed by atoms with Crippen LogP contribution in [0.4, 0.5) is 4.79 Å². The fourth-order valence-electron chi connectivity index (χ4n) is 6.65. The first-order chi connectivity index (χ1) is 24.0. The van der Waals surface area contributed by atoms with Crippen molar-refractivity contribution in [2.24, 2.45) is 0 Å². The zero-order valence-electron chi connectivity index (χ0n) is 29.3. The van der Waals surface area contributed by atoms with Crippen LogP contribution >= 0.6 is 11.8 Å². The van der Waals surface area contributed by atoms with Crippen LogP contribution in [0.3, 0.4) is 0 Å². The summed E-state index contributed by atoms with van der Waals surface area (Å²) in [6.07, 6.45) is 1.29. The van der Waals surface area contributed by atoms with E-state index in [9.17, 15) is 19.2 Å². The van der Waals surface area contributed by atoms with Gasteiger partial charge in [0, 0.05) is 51.9 Å². The first-order valence-electron chi connectivity index (χ1n) is 17.4. The molecule has 2 saturated heterocycles. The third-order valence-corrected chi connectivity index (χ3v) is 10.5. The van der Waals surface area contributed by atoms with Crippen LogP contribution < -0.4 is 10.9 Å². The number of nitrogens with one attached hydrogen (secondary N) is 1. The Morgan fingerprint density at radius 3 is 2.32 bits per heavy atom. The fraction of sp³-hybridized carbons (Fsp3) is 0.447. The molecule has 1 aromatic heterocycles. The highest BCUT2D eigenvalue weighted by Crippen LogP contribution is 2.38. The smallest absolute Gasteiger partial charge is 0.410 e.